The van der Waals surface area contributed by atoms with Gasteiger partial charge in [-0.2, -0.15) is 11.8 Å². The van der Waals surface area contributed by atoms with Crippen LogP contribution in [0.5, 0.6) is 0 Å². The number of hydrogen-bond donors (Lipinski definition) is 1. The van der Waals surface area contributed by atoms with Gasteiger partial charge in [0.05, 0.1) is 0 Å². The van der Waals surface area contributed by atoms with E-state index in [9.17, 15) is 9.90 Å². The predicted molar refractivity (Wildman–Crippen MR) is 69.1 cm³/mol. The van der Waals surface area contributed by atoms with E-state index in [2.05, 4.69) is 18.7 Å². The Morgan fingerprint density at radius 2 is 2.25 bits per heavy atom. The molecule has 0 bridgehead atoms. The van der Waals surface area contributed by atoms with Crippen molar-refractivity contribution < 1.29 is 9.90 Å². The van der Waals surface area contributed by atoms with E-state index in [0.29, 0.717) is 0 Å². The highest BCUT2D eigenvalue weighted by Crippen LogP contribution is 2.32. The molecule has 1 fully saturated rings. The van der Waals surface area contributed by atoms with Crippen molar-refractivity contribution in [2.75, 3.05) is 24.6 Å². The van der Waals surface area contributed by atoms with Crippen molar-refractivity contribution in [1.82, 2.24) is 4.90 Å². The number of unbranched alkanes of at least 4 members (excludes halogenated alkanes) is 1. The smallest absolute Gasteiger partial charge is 0.324 e. The van der Waals surface area contributed by atoms with E-state index in [1.54, 1.807) is 11.8 Å². The highest BCUT2D eigenvalue weighted by atomic mass is 32.2. The van der Waals surface area contributed by atoms with Gasteiger partial charge in [0, 0.05) is 5.75 Å². The maximum atomic E-state index is 11.6. The zero-order valence-electron chi connectivity index (χ0n) is 10.4. The average Bonchev–Trinajstić information content (AvgIpc) is 2.31. The number of nitrogens with zero attached hydrogens (tertiary/aromatic N) is 1. The Hall–Kier alpha value is -0.220. The molecule has 0 saturated carbocycles. The second-order valence-electron chi connectivity index (χ2n) is 4.43. The van der Waals surface area contributed by atoms with Crippen molar-refractivity contribution in [2.45, 2.75) is 45.1 Å². The van der Waals surface area contributed by atoms with E-state index < -0.39 is 11.5 Å². The molecule has 0 aromatic rings. The molecule has 94 valence electrons. The average molecular weight is 245 g/mol. The second-order valence-corrected chi connectivity index (χ2v) is 5.53. The first-order valence-electron chi connectivity index (χ1n) is 6.23. The van der Waals surface area contributed by atoms with E-state index in [1.165, 1.54) is 0 Å². The minimum Gasteiger partial charge on any atom is -0.480 e. The van der Waals surface area contributed by atoms with Gasteiger partial charge < -0.3 is 5.11 Å². The Labute approximate surface area is 103 Å². The molecule has 0 spiro atoms. The van der Waals surface area contributed by atoms with Gasteiger partial charge in [-0.25, -0.2) is 0 Å². The summed E-state index contributed by atoms with van der Waals surface area (Å²) >= 11 is 1.78. The van der Waals surface area contributed by atoms with Crippen LogP contribution >= 0.6 is 11.8 Å². The normalized spacial score (nSPS) is 25.9. The number of rotatable bonds is 6. The van der Waals surface area contributed by atoms with Gasteiger partial charge in [-0.05, 0) is 38.1 Å². The largest absolute Gasteiger partial charge is 0.480 e. The molecular formula is C12H23NO2S. The molecule has 0 radical (unpaired) electrons. The van der Waals surface area contributed by atoms with Crippen LogP contribution in [-0.2, 0) is 4.79 Å². The molecule has 0 amide bonds. The topological polar surface area (TPSA) is 40.5 Å². The number of likely N-dealkylation sites (N-methyl/N-ethyl adjacent to an activating group) is 1. The van der Waals surface area contributed by atoms with Crippen LogP contribution in [-0.4, -0.2) is 46.1 Å². The zero-order chi connectivity index (χ0) is 12.0. The van der Waals surface area contributed by atoms with Gasteiger partial charge >= 0.3 is 5.97 Å². The molecule has 1 N–H and O–H groups in total. The van der Waals surface area contributed by atoms with Crippen LogP contribution < -0.4 is 0 Å². The molecule has 1 rings (SSSR count). The van der Waals surface area contributed by atoms with Crippen LogP contribution in [0.4, 0.5) is 0 Å². The van der Waals surface area contributed by atoms with Crippen LogP contribution in [0.2, 0.25) is 0 Å². The van der Waals surface area contributed by atoms with Gasteiger partial charge in [-0.15, -0.1) is 0 Å². The van der Waals surface area contributed by atoms with Crippen molar-refractivity contribution in [1.29, 1.82) is 0 Å². The standard InChI is InChI=1S/C12H23NO2S/c1-3-5-8-13(4-2)12(11(14)15)7-6-9-16-10-12/h3-10H2,1-2H3,(H,14,15). The zero-order valence-corrected chi connectivity index (χ0v) is 11.2. The van der Waals surface area contributed by atoms with Crippen LogP contribution in [0.15, 0.2) is 0 Å². The van der Waals surface area contributed by atoms with Gasteiger partial charge in [0.15, 0.2) is 0 Å². The molecule has 3 nitrogen and oxygen atoms in total. The van der Waals surface area contributed by atoms with Gasteiger partial charge in [-0.1, -0.05) is 20.3 Å². The van der Waals surface area contributed by atoms with Crippen LogP contribution in [0.25, 0.3) is 0 Å². The molecule has 1 atom stereocenters. The molecular weight excluding hydrogens is 222 g/mol. The van der Waals surface area contributed by atoms with Crippen LogP contribution in [0.3, 0.4) is 0 Å². The summed E-state index contributed by atoms with van der Waals surface area (Å²) in [5.74, 6) is 1.23. The minimum atomic E-state index is -0.627. The van der Waals surface area contributed by atoms with E-state index in [0.717, 1.165) is 50.3 Å². The van der Waals surface area contributed by atoms with Gasteiger partial charge in [0.1, 0.15) is 5.54 Å². The molecule has 0 aliphatic carbocycles. The molecule has 1 saturated heterocycles. The molecule has 1 aliphatic rings. The summed E-state index contributed by atoms with van der Waals surface area (Å²) in [6.45, 7) is 5.98. The maximum Gasteiger partial charge on any atom is 0.324 e. The van der Waals surface area contributed by atoms with Crippen molar-refractivity contribution in [3.63, 3.8) is 0 Å². The monoisotopic (exact) mass is 245 g/mol. The molecule has 0 aromatic carbocycles. The Morgan fingerprint density at radius 3 is 2.69 bits per heavy atom. The van der Waals surface area contributed by atoms with Crippen molar-refractivity contribution >= 4 is 17.7 Å². The molecule has 16 heavy (non-hydrogen) atoms. The number of carbonyl (C=O) groups is 1. The predicted octanol–water partition coefficient (Wildman–Crippen LogP) is 2.46. The quantitative estimate of drug-likeness (QED) is 0.780. The number of aliphatic carboxylic acids is 1. The fraction of sp³-hybridized carbons (Fsp3) is 0.917. The van der Waals surface area contributed by atoms with E-state index in [4.69, 9.17) is 0 Å². The third kappa shape index (κ3) is 2.92. The number of thioether (sulfide) groups is 1. The number of hydrogen-bond acceptors (Lipinski definition) is 3. The first-order chi connectivity index (χ1) is 7.67. The molecule has 0 aromatic heterocycles. The third-order valence-corrected chi connectivity index (χ3v) is 4.65. The molecule has 1 heterocycles. The summed E-state index contributed by atoms with van der Waals surface area (Å²) < 4.78 is 0. The number of carboxylic acids is 1. The Kier molecular flexibility index (Phi) is 5.62. The lowest BCUT2D eigenvalue weighted by Gasteiger charge is -2.42. The lowest BCUT2D eigenvalue weighted by molar-refractivity contribution is -0.150. The van der Waals surface area contributed by atoms with Crippen molar-refractivity contribution in [3.8, 4) is 0 Å². The summed E-state index contributed by atoms with van der Waals surface area (Å²) in [4.78, 5) is 13.8. The van der Waals surface area contributed by atoms with Crippen molar-refractivity contribution in [3.05, 3.63) is 0 Å². The van der Waals surface area contributed by atoms with E-state index >= 15 is 0 Å². The lowest BCUT2D eigenvalue weighted by Crippen LogP contribution is -2.58. The maximum absolute atomic E-state index is 11.6. The first kappa shape index (κ1) is 13.8. The van der Waals surface area contributed by atoms with Gasteiger partial charge in [0.25, 0.3) is 0 Å². The lowest BCUT2D eigenvalue weighted by atomic mass is 9.92. The fourth-order valence-electron chi connectivity index (χ4n) is 2.36. The number of carboxylic acid groups (broad SMARTS) is 1. The molecule has 1 unspecified atom stereocenters. The summed E-state index contributed by atoms with van der Waals surface area (Å²) in [6.07, 6.45) is 4.05. The van der Waals surface area contributed by atoms with Crippen LogP contribution in [0, 0.1) is 0 Å². The van der Waals surface area contributed by atoms with Crippen LogP contribution in [0.1, 0.15) is 39.5 Å². The SMILES string of the molecule is CCCCN(CC)C1(C(=O)O)CCCSC1. The molecule has 1 aliphatic heterocycles. The highest BCUT2D eigenvalue weighted by molar-refractivity contribution is 7.99. The summed E-state index contributed by atoms with van der Waals surface area (Å²) in [6, 6.07) is 0. The third-order valence-electron chi connectivity index (χ3n) is 3.39. The molecule has 4 heteroatoms. The Balaban J connectivity index is 2.76. The summed E-state index contributed by atoms with van der Waals surface area (Å²) in [5.41, 5.74) is -0.590. The van der Waals surface area contributed by atoms with E-state index in [1.807, 2.05) is 0 Å². The minimum absolute atomic E-state index is 0.590. The summed E-state index contributed by atoms with van der Waals surface area (Å²) in [7, 11) is 0. The van der Waals surface area contributed by atoms with Gasteiger partial charge in [0.2, 0.25) is 0 Å². The highest BCUT2D eigenvalue weighted by Gasteiger charge is 2.44. The first-order valence-corrected chi connectivity index (χ1v) is 7.39. The second kappa shape index (κ2) is 6.50. The fourth-order valence-corrected chi connectivity index (χ4v) is 3.64. The van der Waals surface area contributed by atoms with Gasteiger partial charge in [-0.3, -0.25) is 9.69 Å². The Bertz CT molecular complexity index is 227. The van der Waals surface area contributed by atoms with E-state index in [-0.39, 0.29) is 0 Å². The van der Waals surface area contributed by atoms with Crippen molar-refractivity contribution in [2.24, 2.45) is 0 Å². The Morgan fingerprint density at radius 1 is 1.50 bits per heavy atom. The summed E-state index contributed by atoms with van der Waals surface area (Å²) in [5, 5.41) is 9.53.